The minimum absolute atomic E-state index is 0.0446. The molecular weight excluding hydrogens is 328 g/mol. The molecule has 1 aliphatic carbocycles. The smallest absolute Gasteiger partial charge is 0.317 e. The van der Waals surface area contributed by atoms with Crippen molar-refractivity contribution in [3.8, 4) is 0 Å². The van der Waals surface area contributed by atoms with E-state index < -0.39 is 5.97 Å². The van der Waals surface area contributed by atoms with Gasteiger partial charge in [-0.3, -0.25) is 4.79 Å². The molecule has 0 spiro atoms. The molecule has 0 aliphatic heterocycles. The van der Waals surface area contributed by atoms with Crippen molar-refractivity contribution in [2.24, 2.45) is 5.92 Å². The normalized spacial score (nSPS) is 19.5. The van der Waals surface area contributed by atoms with Gasteiger partial charge >= 0.3 is 12.0 Å². The average Bonchev–Trinajstić information content (AvgIpc) is 3.19. The van der Waals surface area contributed by atoms with E-state index in [1.54, 1.807) is 28.8 Å². The highest BCUT2D eigenvalue weighted by Crippen LogP contribution is 2.27. The maximum Gasteiger partial charge on any atom is 0.317 e. The number of hydrogen-bond donors (Lipinski definition) is 2. The molecule has 2 aromatic rings. The Kier molecular flexibility index (Phi) is 5.14. The Labute approximate surface area is 143 Å². The average molecular weight is 348 g/mol. The fourth-order valence-electron chi connectivity index (χ4n) is 2.71. The van der Waals surface area contributed by atoms with Crippen molar-refractivity contribution in [2.75, 3.05) is 6.54 Å². The van der Waals surface area contributed by atoms with E-state index in [2.05, 4.69) is 10.3 Å². The van der Waals surface area contributed by atoms with Crippen LogP contribution >= 0.6 is 11.3 Å². The van der Waals surface area contributed by atoms with Crippen molar-refractivity contribution in [2.45, 2.75) is 32.0 Å². The summed E-state index contributed by atoms with van der Waals surface area (Å²) >= 11 is 1.60. The molecule has 2 aromatic heterocycles. The largest absolute Gasteiger partial charge is 0.481 e. The molecule has 0 atom stereocenters. The monoisotopic (exact) mass is 348 g/mol. The van der Waals surface area contributed by atoms with Gasteiger partial charge < -0.3 is 19.9 Å². The van der Waals surface area contributed by atoms with Gasteiger partial charge in [0.15, 0.2) is 0 Å². The van der Waals surface area contributed by atoms with Crippen LogP contribution in [0.4, 0.5) is 4.79 Å². The number of amides is 2. The van der Waals surface area contributed by atoms with Gasteiger partial charge in [-0.2, -0.15) is 11.3 Å². The van der Waals surface area contributed by atoms with E-state index in [0.29, 0.717) is 32.5 Å². The Balaban J connectivity index is 1.56. The maximum absolute atomic E-state index is 12.6. The Bertz CT molecular complexity index is 666. The number of hydrogen-bond acceptors (Lipinski definition) is 4. The lowest BCUT2D eigenvalue weighted by Gasteiger charge is -2.35. The van der Waals surface area contributed by atoms with Gasteiger partial charge in [0.05, 0.1) is 12.2 Å². The van der Waals surface area contributed by atoms with Gasteiger partial charge in [-0.15, -0.1) is 0 Å². The Morgan fingerprint density at radius 1 is 1.46 bits per heavy atom. The maximum atomic E-state index is 12.6. The molecule has 0 unspecified atom stereocenters. The number of urea groups is 1. The Morgan fingerprint density at radius 3 is 2.92 bits per heavy atom. The minimum Gasteiger partial charge on any atom is -0.481 e. The number of carbonyl (C=O) groups excluding carboxylic acids is 1. The van der Waals surface area contributed by atoms with Gasteiger partial charge in [0, 0.05) is 38.1 Å². The van der Waals surface area contributed by atoms with Crippen LogP contribution in [0.25, 0.3) is 0 Å². The number of aliphatic carboxylic acids is 1. The molecule has 7 nitrogen and oxygen atoms in total. The van der Waals surface area contributed by atoms with Crippen LogP contribution in [0, 0.1) is 5.92 Å². The molecule has 1 aliphatic rings. The number of carbonyl (C=O) groups is 2. The number of rotatable bonds is 7. The molecule has 0 bridgehead atoms. The second kappa shape index (κ2) is 7.48. The van der Waals surface area contributed by atoms with Gasteiger partial charge in [-0.05, 0) is 35.2 Å². The summed E-state index contributed by atoms with van der Waals surface area (Å²) in [5.74, 6) is -1.11. The van der Waals surface area contributed by atoms with Crippen molar-refractivity contribution in [3.63, 3.8) is 0 Å². The zero-order chi connectivity index (χ0) is 16.9. The van der Waals surface area contributed by atoms with Crippen LogP contribution in [0.5, 0.6) is 0 Å². The van der Waals surface area contributed by atoms with E-state index in [1.807, 2.05) is 27.6 Å². The first-order valence-corrected chi connectivity index (χ1v) is 8.81. The molecule has 2 N–H and O–H groups in total. The van der Waals surface area contributed by atoms with E-state index in [1.165, 1.54) is 0 Å². The molecule has 0 radical (unpaired) electrons. The molecule has 0 aromatic carbocycles. The first-order valence-electron chi connectivity index (χ1n) is 7.87. The molecule has 1 fully saturated rings. The van der Waals surface area contributed by atoms with Gasteiger partial charge in [-0.25, -0.2) is 9.78 Å². The van der Waals surface area contributed by atoms with Gasteiger partial charge in [0.1, 0.15) is 0 Å². The number of nitrogens with one attached hydrogen (secondary N) is 1. The van der Waals surface area contributed by atoms with Gasteiger partial charge in [-0.1, -0.05) is 0 Å². The quantitative estimate of drug-likeness (QED) is 0.801. The first-order chi connectivity index (χ1) is 11.6. The van der Waals surface area contributed by atoms with Crippen molar-refractivity contribution in [3.05, 3.63) is 41.1 Å². The second-order valence-corrected chi connectivity index (χ2v) is 6.79. The van der Waals surface area contributed by atoms with Crippen molar-refractivity contribution in [1.82, 2.24) is 19.8 Å². The molecule has 24 heavy (non-hydrogen) atoms. The Hall–Kier alpha value is -2.35. The van der Waals surface area contributed by atoms with E-state index in [-0.39, 0.29) is 18.0 Å². The topological polar surface area (TPSA) is 87.5 Å². The molecule has 2 heterocycles. The van der Waals surface area contributed by atoms with E-state index in [0.717, 1.165) is 5.56 Å². The first kappa shape index (κ1) is 16.5. The van der Waals surface area contributed by atoms with Crippen LogP contribution in [0.3, 0.4) is 0 Å². The molecule has 128 valence electrons. The lowest BCUT2D eigenvalue weighted by Crippen LogP contribution is -2.51. The van der Waals surface area contributed by atoms with E-state index in [4.69, 9.17) is 5.11 Å². The van der Waals surface area contributed by atoms with Gasteiger partial charge in [0.25, 0.3) is 0 Å². The minimum atomic E-state index is -0.782. The van der Waals surface area contributed by atoms with Gasteiger partial charge in [0.2, 0.25) is 0 Å². The summed E-state index contributed by atoms with van der Waals surface area (Å²) < 4.78 is 1.93. The summed E-state index contributed by atoms with van der Waals surface area (Å²) in [4.78, 5) is 29.2. The molecule has 1 saturated carbocycles. The predicted octanol–water partition coefficient (Wildman–Crippen LogP) is 2.02. The number of carboxylic acids is 1. The number of nitrogens with zero attached hydrogens (tertiary/aromatic N) is 3. The third kappa shape index (κ3) is 4.14. The van der Waals surface area contributed by atoms with Crippen LogP contribution in [-0.4, -0.2) is 44.1 Å². The van der Waals surface area contributed by atoms with Crippen LogP contribution in [-0.2, 0) is 17.9 Å². The number of aromatic nitrogens is 2. The highest BCUT2D eigenvalue weighted by atomic mass is 32.1. The second-order valence-electron chi connectivity index (χ2n) is 6.01. The lowest BCUT2D eigenvalue weighted by molar-refractivity contribution is -0.145. The van der Waals surface area contributed by atoms with Crippen LogP contribution in [0.2, 0.25) is 0 Å². The number of thiophene rings is 1. The van der Waals surface area contributed by atoms with E-state index in [9.17, 15) is 9.59 Å². The highest BCUT2D eigenvalue weighted by Gasteiger charge is 2.35. The van der Waals surface area contributed by atoms with Crippen molar-refractivity contribution < 1.29 is 14.7 Å². The fraction of sp³-hybridized carbons (Fsp3) is 0.438. The third-order valence-electron chi connectivity index (χ3n) is 4.24. The molecular formula is C16H20N4O3S. The van der Waals surface area contributed by atoms with Crippen LogP contribution < -0.4 is 5.32 Å². The zero-order valence-electron chi connectivity index (χ0n) is 13.2. The number of carboxylic acid groups (broad SMARTS) is 1. The Morgan fingerprint density at radius 2 is 2.29 bits per heavy atom. The van der Waals surface area contributed by atoms with Crippen molar-refractivity contribution in [1.29, 1.82) is 0 Å². The number of imidazole rings is 1. The van der Waals surface area contributed by atoms with Crippen LogP contribution in [0.1, 0.15) is 18.4 Å². The molecule has 3 rings (SSSR count). The SMILES string of the molecule is O=C(O)C1CC(NC(=O)N(CCn2ccnc2)Cc2ccsc2)C1. The highest BCUT2D eigenvalue weighted by molar-refractivity contribution is 7.07. The molecule has 8 heteroatoms. The van der Waals surface area contributed by atoms with Crippen LogP contribution in [0.15, 0.2) is 35.5 Å². The van der Waals surface area contributed by atoms with E-state index >= 15 is 0 Å². The summed E-state index contributed by atoms with van der Waals surface area (Å²) in [6.45, 7) is 1.77. The third-order valence-corrected chi connectivity index (χ3v) is 4.98. The predicted molar refractivity (Wildman–Crippen MR) is 89.6 cm³/mol. The summed E-state index contributed by atoms with van der Waals surface area (Å²) in [7, 11) is 0. The standard InChI is InChI=1S/C16H20N4O3S/c21-15(22)13-7-14(8-13)18-16(23)20(9-12-1-6-24-10-12)5-4-19-3-2-17-11-19/h1-3,6,10-11,13-14H,4-5,7-9H2,(H,18,23)(H,21,22). The summed E-state index contributed by atoms with van der Waals surface area (Å²) in [6, 6.07) is 1.82. The summed E-state index contributed by atoms with van der Waals surface area (Å²) in [5.41, 5.74) is 1.10. The summed E-state index contributed by atoms with van der Waals surface area (Å²) in [5, 5.41) is 15.9. The molecule has 0 saturated heterocycles. The summed E-state index contributed by atoms with van der Waals surface area (Å²) in [6.07, 6.45) is 6.32. The molecule has 2 amide bonds. The zero-order valence-corrected chi connectivity index (χ0v) is 14.0. The lowest BCUT2D eigenvalue weighted by atomic mass is 9.80. The van der Waals surface area contributed by atoms with Crippen molar-refractivity contribution >= 4 is 23.3 Å². The fourth-order valence-corrected chi connectivity index (χ4v) is 3.37.